The number of ether oxygens (including phenoxy) is 1. The van der Waals surface area contributed by atoms with E-state index in [1.807, 2.05) is 6.92 Å². The van der Waals surface area contributed by atoms with Crippen LogP contribution in [0, 0.1) is 17.4 Å². The van der Waals surface area contributed by atoms with Crippen LogP contribution in [0.5, 0.6) is 0 Å². The van der Waals surface area contributed by atoms with Crippen LogP contribution in [0.15, 0.2) is 42.5 Å². The molecular formula is C24H32INO2. The molecule has 0 amide bonds. The Morgan fingerprint density at radius 3 is 2.43 bits per heavy atom. The number of unbranched alkanes of at least 4 members (excludes halogenated alkanes) is 3. The number of carbonyl (C=O) groups excluding carboxylic acids is 1. The molecule has 28 heavy (non-hydrogen) atoms. The Morgan fingerprint density at radius 2 is 1.71 bits per heavy atom. The predicted molar refractivity (Wildman–Crippen MR) is 125 cm³/mol. The predicted octanol–water partition coefficient (Wildman–Crippen LogP) is 6.10. The van der Waals surface area contributed by atoms with E-state index in [-0.39, 0.29) is 12.0 Å². The van der Waals surface area contributed by atoms with E-state index >= 15 is 0 Å². The third-order valence-corrected chi connectivity index (χ3v) is 5.67. The lowest BCUT2D eigenvalue weighted by Gasteiger charge is -2.23. The highest BCUT2D eigenvalue weighted by molar-refractivity contribution is 14.1. The number of hydrogen-bond acceptors (Lipinski definition) is 3. The topological polar surface area (TPSA) is 38.3 Å². The van der Waals surface area contributed by atoms with Gasteiger partial charge in [-0.15, -0.1) is 0 Å². The lowest BCUT2D eigenvalue weighted by molar-refractivity contribution is -0.143. The van der Waals surface area contributed by atoms with Gasteiger partial charge in [0.1, 0.15) is 0 Å². The molecule has 0 bridgehead atoms. The van der Waals surface area contributed by atoms with E-state index in [0.717, 1.165) is 32.2 Å². The van der Waals surface area contributed by atoms with E-state index in [0.29, 0.717) is 13.0 Å². The Bertz CT molecular complexity index is 760. The fourth-order valence-corrected chi connectivity index (χ4v) is 4.14. The molecule has 152 valence electrons. The Hall–Kier alpha value is -1.40. The molecule has 0 fully saturated rings. The van der Waals surface area contributed by atoms with Gasteiger partial charge < -0.3 is 10.1 Å². The Kier molecular flexibility index (Phi) is 9.99. The van der Waals surface area contributed by atoms with Crippen LogP contribution in [0.2, 0.25) is 0 Å². The van der Waals surface area contributed by atoms with E-state index in [9.17, 15) is 4.79 Å². The molecule has 1 unspecified atom stereocenters. The van der Waals surface area contributed by atoms with Crippen LogP contribution in [0.1, 0.15) is 67.3 Å². The van der Waals surface area contributed by atoms with Gasteiger partial charge in [0.25, 0.3) is 0 Å². The van der Waals surface area contributed by atoms with Crippen molar-refractivity contribution in [2.45, 2.75) is 58.9 Å². The monoisotopic (exact) mass is 493 g/mol. The Balaban J connectivity index is 1.93. The van der Waals surface area contributed by atoms with Gasteiger partial charge in [0.2, 0.25) is 0 Å². The van der Waals surface area contributed by atoms with E-state index < -0.39 is 0 Å². The summed E-state index contributed by atoms with van der Waals surface area (Å²) >= 11 is 2.37. The Labute approximate surface area is 183 Å². The summed E-state index contributed by atoms with van der Waals surface area (Å²) in [5.74, 6) is -0.0746. The lowest BCUT2D eigenvalue weighted by Crippen LogP contribution is -2.25. The number of benzene rings is 2. The molecule has 0 aliphatic rings. The van der Waals surface area contributed by atoms with Gasteiger partial charge in [0.05, 0.1) is 12.6 Å². The largest absolute Gasteiger partial charge is 0.466 e. The average molecular weight is 493 g/mol. The first-order chi connectivity index (χ1) is 13.5. The summed E-state index contributed by atoms with van der Waals surface area (Å²) in [4.78, 5) is 11.4. The van der Waals surface area contributed by atoms with Gasteiger partial charge in [-0.3, -0.25) is 4.79 Å². The van der Waals surface area contributed by atoms with Gasteiger partial charge >= 0.3 is 5.97 Å². The molecule has 0 saturated carbocycles. The minimum Gasteiger partial charge on any atom is -0.466 e. The molecule has 1 N–H and O–H groups in total. The number of nitrogens with one attached hydrogen (secondary N) is 1. The SMILES string of the molecule is CCOC(=O)CCCCCCNC(c1ccccc1C)c1ccc(I)cc1C. The van der Waals surface area contributed by atoms with Gasteiger partial charge in [-0.25, -0.2) is 0 Å². The number of halogens is 1. The summed E-state index contributed by atoms with van der Waals surface area (Å²) < 4.78 is 6.25. The molecule has 0 heterocycles. The summed E-state index contributed by atoms with van der Waals surface area (Å²) in [7, 11) is 0. The molecule has 0 radical (unpaired) electrons. The van der Waals surface area contributed by atoms with Gasteiger partial charge in [-0.2, -0.15) is 0 Å². The van der Waals surface area contributed by atoms with Gasteiger partial charge in [-0.05, 0) is 97.1 Å². The highest BCUT2D eigenvalue weighted by atomic mass is 127. The van der Waals surface area contributed by atoms with Crippen LogP contribution in [0.3, 0.4) is 0 Å². The molecule has 0 aliphatic carbocycles. The van der Waals surface area contributed by atoms with Crippen molar-refractivity contribution in [3.05, 3.63) is 68.3 Å². The molecule has 0 spiro atoms. The number of hydrogen-bond donors (Lipinski definition) is 1. The highest BCUT2D eigenvalue weighted by Gasteiger charge is 2.17. The van der Waals surface area contributed by atoms with E-state index in [1.165, 1.54) is 25.8 Å². The molecule has 3 nitrogen and oxygen atoms in total. The average Bonchev–Trinajstić information content (AvgIpc) is 2.66. The lowest BCUT2D eigenvalue weighted by atomic mass is 9.92. The normalized spacial score (nSPS) is 12.0. The maximum atomic E-state index is 11.4. The molecule has 4 heteroatoms. The van der Waals surface area contributed by atoms with E-state index in [2.05, 4.69) is 84.2 Å². The first kappa shape index (κ1) is 22.9. The van der Waals surface area contributed by atoms with Gasteiger partial charge in [-0.1, -0.05) is 43.2 Å². The van der Waals surface area contributed by atoms with Crippen molar-refractivity contribution in [3.8, 4) is 0 Å². The first-order valence-corrected chi connectivity index (χ1v) is 11.3. The van der Waals surface area contributed by atoms with Crippen molar-refractivity contribution in [3.63, 3.8) is 0 Å². The van der Waals surface area contributed by atoms with Gasteiger partial charge in [0.15, 0.2) is 0 Å². The quantitative estimate of drug-likeness (QED) is 0.234. The molecule has 2 aromatic carbocycles. The zero-order chi connectivity index (χ0) is 20.4. The number of esters is 1. The smallest absolute Gasteiger partial charge is 0.305 e. The van der Waals surface area contributed by atoms with Crippen molar-refractivity contribution in [2.75, 3.05) is 13.2 Å². The summed E-state index contributed by atoms with van der Waals surface area (Å²) in [6.07, 6.45) is 4.75. The van der Waals surface area contributed by atoms with Crippen LogP contribution >= 0.6 is 22.6 Å². The van der Waals surface area contributed by atoms with Crippen molar-refractivity contribution < 1.29 is 9.53 Å². The van der Waals surface area contributed by atoms with Crippen LogP contribution in [0.25, 0.3) is 0 Å². The summed E-state index contributed by atoms with van der Waals surface area (Å²) in [5.41, 5.74) is 5.32. The fourth-order valence-electron chi connectivity index (χ4n) is 3.49. The maximum absolute atomic E-state index is 11.4. The van der Waals surface area contributed by atoms with E-state index in [4.69, 9.17) is 4.74 Å². The number of aryl methyl sites for hydroxylation is 2. The molecule has 2 aromatic rings. The highest BCUT2D eigenvalue weighted by Crippen LogP contribution is 2.28. The summed E-state index contributed by atoms with van der Waals surface area (Å²) in [6.45, 7) is 7.66. The standard InChI is InChI=1S/C24H32INO2/c1-4-28-23(27)13-7-5-6-10-16-26-24(21-12-9-8-11-18(21)2)22-15-14-20(25)17-19(22)3/h8-9,11-12,14-15,17,24,26H,4-7,10,13,16H2,1-3H3. The first-order valence-electron chi connectivity index (χ1n) is 10.2. The number of carbonyl (C=O) groups is 1. The van der Waals surface area contributed by atoms with Crippen molar-refractivity contribution in [2.24, 2.45) is 0 Å². The third kappa shape index (κ3) is 7.21. The third-order valence-electron chi connectivity index (χ3n) is 5.00. The maximum Gasteiger partial charge on any atom is 0.305 e. The van der Waals surface area contributed by atoms with Crippen molar-refractivity contribution >= 4 is 28.6 Å². The minimum absolute atomic E-state index is 0.0746. The molecule has 0 saturated heterocycles. The Morgan fingerprint density at radius 1 is 1.00 bits per heavy atom. The van der Waals surface area contributed by atoms with E-state index in [1.54, 1.807) is 0 Å². The molecular weight excluding hydrogens is 461 g/mol. The fraction of sp³-hybridized carbons (Fsp3) is 0.458. The summed E-state index contributed by atoms with van der Waals surface area (Å²) in [6, 6.07) is 15.5. The molecule has 0 aliphatic heterocycles. The zero-order valence-electron chi connectivity index (χ0n) is 17.3. The molecule has 0 aromatic heterocycles. The van der Waals surface area contributed by atoms with Crippen LogP contribution in [0.4, 0.5) is 0 Å². The van der Waals surface area contributed by atoms with Crippen molar-refractivity contribution in [1.29, 1.82) is 0 Å². The van der Waals surface area contributed by atoms with Crippen LogP contribution < -0.4 is 5.32 Å². The van der Waals surface area contributed by atoms with Crippen LogP contribution in [-0.4, -0.2) is 19.1 Å². The molecule has 2 rings (SSSR count). The second-order valence-corrected chi connectivity index (χ2v) is 8.46. The van der Waals surface area contributed by atoms with Crippen LogP contribution in [-0.2, 0) is 9.53 Å². The second kappa shape index (κ2) is 12.2. The minimum atomic E-state index is -0.0746. The molecule has 1 atom stereocenters. The van der Waals surface area contributed by atoms with Gasteiger partial charge in [0, 0.05) is 9.99 Å². The zero-order valence-corrected chi connectivity index (χ0v) is 19.4. The second-order valence-electron chi connectivity index (χ2n) is 7.21. The number of rotatable bonds is 11. The van der Waals surface area contributed by atoms with Crippen molar-refractivity contribution in [1.82, 2.24) is 5.32 Å². The summed E-state index contributed by atoms with van der Waals surface area (Å²) in [5, 5.41) is 3.78.